The smallest absolute Gasteiger partial charge is 0.416 e. The summed E-state index contributed by atoms with van der Waals surface area (Å²) in [6.07, 6.45) is -2.28. The first-order chi connectivity index (χ1) is 15.2. The molecule has 0 aliphatic heterocycles. The molecule has 0 spiro atoms. The van der Waals surface area contributed by atoms with E-state index in [1.807, 2.05) is 0 Å². The number of aromatic nitrogens is 2. The molecule has 0 bridgehead atoms. The van der Waals surface area contributed by atoms with Crippen molar-refractivity contribution < 1.29 is 22.6 Å². The predicted molar refractivity (Wildman–Crippen MR) is 117 cm³/mol. The van der Waals surface area contributed by atoms with Crippen molar-refractivity contribution in [2.75, 3.05) is 20.3 Å². The third-order valence-electron chi connectivity index (χ3n) is 5.86. The average molecular weight is 467 g/mol. The van der Waals surface area contributed by atoms with E-state index < -0.39 is 11.7 Å². The Kier molecular flexibility index (Phi) is 6.31. The fourth-order valence-electron chi connectivity index (χ4n) is 3.90. The van der Waals surface area contributed by atoms with Crippen LogP contribution in [-0.2, 0) is 30.8 Å². The summed E-state index contributed by atoms with van der Waals surface area (Å²) >= 11 is 1.39. The number of aryl methyl sites for hydroxylation is 1. The Morgan fingerprint density at radius 1 is 1.28 bits per heavy atom. The largest absolute Gasteiger partial charge is 0.489 e. The topological polar surface area (TPSA) is 53.4 Å². The fourth-order valence-corrected chi connectivity index (χ4v) is 5.16. The van der Waals surface area contributed by atoms with Crippen LogP contribution in [0.15, 0.2) is 29.1 Å². The van der Waals surface area contributed by atoms with E-state index in [0.717, 1.165) is 35.4 Å². The molecule has 2 heterocycles. The summed E-state index contributed by atoms with van der Waals surface area (Å²) in [5.74, 6) is 1.59. The monoisotopic (exact) mass is 466 g/mol. The zero-order valence-corrected chi connectivity index (χ0v) is 19.0. The van der Waals surface area contributed by atoms with E-state index >= 15 is 0 Å². The molecule has 0 N–H and O–H groups in total. The number of benzene rings is 1. The van der Waals surface area contributed by atoms with Gasteiger partial charge < -0.3 is 9.47 Å². The molecular formula is C23H25F3N2O3S. The zero-order valence-electron chi connectivity index (χ0n) is 18.2. The molecule has 9 heteroatoms. The molecule has 2 unspecified atom stereocenters. The van der Waals surface area contributed by atoms with Gasteiger partial charge >= 0.3 is 6.18 Å². The Hall–Kier alpha value is -2.39. The van der Waals surface area contributed by atoms with Crippen molar-refractivity contribution in [1.82, 2.24) is 9.78 Å². The lowest BCUT2D eigenvalue weighted by Gasteiger charge is -2.10. The highest BCUT2D eigenvalue weighted by molar-refractivity contribution is 7.19. The van der Waals surface area contributed by atoms with Crippen molar-refractivity contribution in [3.63, 3.8) is 0 Å². The van der Waals surface area contributed by atoms with Gasteiger partial charge in [-0.05, 0) is 36.3 Å². The molecule has 0 amide bonds. The van der Waals surface area contributed by atoms with Crippen LogP contribution in [0.25, 0.3) is 10.1 Å². The highest BCUT2D eigenvalue weighted by Gasteiger charge is 2.34. The number of halogens is 3. The zero-order chi connectivity index (χ0) is 23.0. The SMILES string of the molecule is COCCOc1c(Cc2cccc(C(F)(F)F)c2)sc2c(CC3CC3C)nn(C)c(=O)c12. The van der Waals surface area contributed by atoms with Gasteiger partial charge in [0.1, 0.15) is 17.7 Å². The standard InChI is InChI=1S/C23H25F3N2O3S/c1-13-9-15(13)12-17-21-19(22(29)28(2)27-17)20(31-8-7-30-3)18(32-21)11-14-5-4-6-16(10-14)23(24,25)26/h4-6,10,13,15H,7-9,11-12H2,1-3H3. The number of rotatable bonds is 8. The summed E-state index contributed by atoms with van der Waals surface area (Å²) in [4.78, 5) is 13.7. The van der Waals surface area contributed by atoms with E-state index in [1.54, 1.807) is 20.2 Å². The minimum Gasteiger partial charge on any atom is -0.489 e. The second-order valence-electron chi connectivity index (χ2n) is 8.33. The van der Waals surface area contributed by atoms with Crippen LogP contribution in [0.5, 0.6) is 5.75 Å². The van der Waals surface area contributed by atoms with Gasteiger partial charge in [-0.2, -0.15) is 18.3 Å². The summed E-state index contributed by atoms with van der Waals surface area (Å²) in [6, 6.07) is 5.25. The summed E-state index contributed by atoms with van der Waals surface area (Å²) in [7, 11) is 3.17. The van der Waals surface area contributed by atoms with Crippen molar-refractivity contribution in [3.8, 4) is 5.75 Å². The Balaban J connectivity index is 1.80. The highest BCUT2D eigenvalue weighted by atomic mass is 32.1. The van der Waals surface area contributed by atoms with Gasteiger partial charge in [0.05, 0.1) is 27.4 Å². The van der Waals surface area contributed by atoms with Crippen LogP contribution in [-0.4, -0.2) is 30.1 Å². The van der Waals surface area contributed by atoms with Crippen molar-refractivity contribution >= 4 is 21.4 Å². The van der Waals surface area contributed by atoms with Crippen LogP contribution in [0, 0.1) is 11.8 Å². The van der Waals surface area contributed by atoms with E-state index in [0.29, 0.717) is 40.0 Å². The van der Waals surface area contributed by atoms with Crippen LogP contribution in [0.2, 0.25) is 0 Å². The quantitative estimate of drug-likeness (QED) is 0.447. The molecule has 32 heavy (non-hydrogen) atoms. The van der Waals surface area contributed by atoms with Crippen LogP contribution < -0.4 is 10.3 Å². The molecule has 172 valence electrons. The molecule has 1 saturated carbocycles. The minimum absolute atomic E-state index is 0.230. The molecule has 2 atom stereocenters. The summed E-state index contributed by atoms with van der Waals surface area (Å²) in [6.45, 7) is 2.76. The predicted octanol–water partition coefficient (Wildman–Crippen LogP) is 4.83. The highest BCUT2D eigenvalue weighted by Crippen LogP contribution is 2.44. The molecule has 2 aromatic heterocycles. The number of hydrogen-bond acceptors (Lipinski definition) is 5. The molecule has 1 fully saturated rings. The Morgan fingerprint density at radius 3 is 2.69 bits per heavy atom. The lowest BCUT2D eigenvalue weighted by atomic mass is 10.1. The molecular weight excluding hydrogens is 441 g/mol. The van der Waals surface area contributed by atoms with Crippen LogP contribution in [0.4, 0.5) is 13.2 Å². The lowest BCUT2D eigenvalue weighted by molar-refractivity contribution is -0.137. The van der Waals surface area contributed by atoms with Crippen molar-refractivity contribution in [2.24, 2.45) is 18.9 Å². The lowest BCUT2D eigenvalue weighted by Crippen LogP contribution is -2.21. The maximum absolute atomic E-state index is 13.2. The molecule has 0 radical (unpaired) electrons. The third-order valence-corrected chi connectivity index (χ3v) is 7.08. The molecule has 1 aliphatic carbocycles. The van der Waals surface area contributed by atoms with Crippen molar-refractivity contribution in [2.45, 2.75) is 32.4 Å². The van der Waals surface area contributed by atoms with E-state index in [2.05, 4.69) is 12.0 Å². The minimum atomic E-state index is -4.41. The van der Waals surface area contributed by atoms with Crippen molar-refractivity contribution in [1.29, 1.82) is 0 Å². The number of alkyl halides is 3. The second kappa shape index (κ2) is 8.86. The molecule has 5 nitrogen and oxygen atoms in total. The number of thiophene rings is 1. The van der Waals surface area contributed by atoms with Crippen LogP contribution >= 0.6 is 11.3 Å². The molecule has 4 rings (SSSR count). The second-order valence-corrected chi connectivity index (χ2v) is 9.43. The number of nitrogens with zero attached hydrogens (tertiary/aromatic N) is 2. The Bertz CT molecular complexity index is 1190. The first-order valence-corrected chi connectivity index (χ1v) is 11.3. The Morgan fingerprint density at radius 2 is 2.03 bits per heavy atom. The maximum atomic E-state index is 13.2. The van der Waals surface area contributed by atoms with Crippen molar-refractivity contribution in [3.05, 3.63) is 56.3 Å². The van der Waals surface area contributed by atoms with E-state index in [-0.39, 0.29) is 18.6 Å². The van der Waals surface area contributed by atoms with Gasteiger partial charge in [0, 0.05) is 20.6 Å². The molecule has 1 aliphatic rings. The van der Waals surface area contributed by atoms with Crippen LogP contribution in [0.1, 0.15) is 35.0 Å². The Labute approximate surface area is 187 Å². The number of hydrogen-bond donors (Lipinski definition) is 0. The van der Waals surface area contributed by atoms with E-state index in [9.17, 15) is 18.0 Å². The first-order valence-electron chi connectivity index (χ1n) is 10.5. The van der Waals surface area contributed by atoms with Gasteiger partial charge in [0.15, 0.2) is 0 Å². The van der Waals surface area contributed by atoms with Gasteiger partial charge in [0.2, 0.25) is 0 Å². The number of fused-ring (bicyclic) bond motifs is 1. The van der Waals surface area contributed by atoms with E-state index in [4.69, 9.17) is 9.47 Å². The van der Waals surface area contributed by atoms with Gasteiger partial charge in [-0.25, -0.2) is 4.68 Å². The first kappa shape index (κ1) is 22.8. The van der Waals surface area contributed by atoms with Gasteiger partial charge in [-0.15, -0.1) is 11.3 Å². The third kappa shape index (κ3) is 4.68. The molecule has 0 saturated heterocycles. The molecule has 1 aromatic carbocycles. The maximum Gasteiger partial charge on any atom is 0.416 e. The molecule has 3 aromatic rings. The number of methoxy groups -OCH3 is 1. The van der Waals surface area contributed by atoms with E-state index in [1.165, 1.54) is 22.1 Å². The normalized spacial score (nSPS) is 18.3. The average Bonchev–Trinajstić information content (AvgIpc) is 3.31. The summed E-state index contributed by atoms with van der Waals surface area (Å²) in [5.41, 5.74) is 0.379. The summed E-state index contributed by atoms with van der Waals surface area (Å²) < 4.78 is 52.7. The van der Waals surface area contributed by atoms with Gasteiger partial charge in [-0.1, -0.05) is 25.1 Å². The van der Waals surface area contributed by atoms with Gasteiger partial charge in [0.25, 0.3) is 5.56 Å². The number of ether oxygens (including phenoxy) is 2. The summed E-state index contributed by atoms with van der Waals surface area (Å²) in [5, 5.41) is 4.96. The van der Waals surface area contributed by atoms with Gasteiger partial charge in [-0.3, -0.25) is 4.79 Å². The van der Waals surface area contributed by atoms with Crippen LogP contribution in [0.3, 0.4) is 0 Å². The fraction of sp³-hybridized carbons (Fsp3) is 0.478.